The van der Waals surface area contributed by atoms with Gasteiger partial charge in [-0.15, -0.1) is 0 Å². The molecule has 0 bridgehead atoms. The zero-order valence-electron chi connectivity index (χ0n) is 16.8. The van der Waals surface area contributed by atoms with Gasteiger partial charge in [0.15, 0.2) is 5.69 Å². The van der Waals surface area contributed by atoms with E-state index in [0.29, 0.717) is 19.3 Å². The molecule has 2 N–H and O–H groups in total. The van der Waals surface area contributed by atoms with E-state index < -0.39 is 32.9 Å². The molecule has 30 heavy (non-hydrogen) atoms. The molecule has 1 aromatic carbocycles. The molecule has 1 aliphatic rings. The highest BCUT2D eigenvalue weighted by Crippen LogP contribution is 2.22. The minimum atomic E-state index is -3.64. The Balaban J connectivity index is 1.79. The number of rotatable bonds is 6. The first-order valence-corrected chi connectivity index (χ1v) is 11.1. The van der Waals surface area contributed by atoms with Crippen LogP contribution in [0.15, 0.2) is 29.1 Å². The Morgan fingerprint density at radius 1 is 1.27 bits per heavy atom. The second kappa shape index (κ2) is 8.74. The predicted molar refractivity (Wildman–Crippen MR) is 111 cm³/mol. The minimum Gasteiger partial charge on any atom is -0.501 e. The Labute approximate surface area is 174 Å². The predicted octanol–water partition coefficient (Wildman–Crippen LogP) is 0.397. The fourth-order valence-corrected chi connectivity index (χ4v) is 4.78. The first-order valence-electron chi connectivity index (χ1n) is 9.46. The molecule has 3 rings (SSSR count). The van der Waals surface area contributed by atoms with E-state index in [0.717, 1.165) is 20.2 Å². The number of carbonyl (C=O) groups excluding carboxylic acids is 1. The molecule has 11 heteroatoms. The second-order valence-corrected chi connectivity index (χ2v) is 8.94. The number of amides is 1. The number of aromatic hydroxyl groups is 1. The van der Waals surface area contributed by atoms with Gasteiger partial charge in [-0.1, -0.05) is 12.1 Å². The molecule has 2 heterocycles. The lowest BCUT2D eigenvalue weighted by Crippen LogP contribution is -2.42. The topological polar surface area (TPSA) is 131 Å². The maximum absolute atomic E-state index is 12.5. The molecule has 0 unspecified atom stereocenters. The zero-order valence-corrected chi connectivity index (χ0v) is 17.6. The highest BCUT2D eigenvalue weighted by molar-refractivity contribution is 7.92. The summed E-state index contributed by atoms with van der Waals surface area (Å²) in [7, 11) is -0.765. The minimum absolute atomic E-state index is 0.0624. The molecule has 0 atom stereocenters. The summed E-state index contributed by atoms with van der Waals surface area (Å²) in [5.41, 5.74) is -0.429. The third kappa shape index (κ3) is 4.40. The summed E-state index contributed by atoms with van der Waals surface area (Å²) in [6.45, 7) is 0.394. The van der Waals surface area contributed by atoms with Crippen LogP contribution in [0.25, 0.3) is 0 Å². The van der Waals surface area contributed by atoms with Gasteiger partial charge in [-0.25, -0.2) is 17.7 Å². The van der Waals surface area contributed by atoms with Crippen molar-refractivity contribution in [2.45, 2.75) is 19.3 Å². The van der Waals surface area contributed by atoms with E-state index >= 15 is 0 Å². The van der Waals surface area contributed by atoms with Crippen molar-refractivity contribution in [2.24, 2.45) is 7.05 Å². The molecule has 1 aromatic heterocycles. The molecular formula is C19H24N4O6S. The van der Waals surface area contributed by atoms with Gasteiger partial charge in [-0.3, -0.25) is 14.2 Å². The monoisotopic (exact) mass is 436 g/mol. The van der Waals surface area contributed by atoms with Crippen LogP contribution in [0.4, 0.5) is 5.95 Å². The van der Waals surface area contributed by atoms with E-state index in [1.54, 1.807) is 19.2 Å². The first kappa shape index (κ1) is 21.6. The zero-order chi connectivity index (χ0) is 21.9. The molecule has 1 aliphatic heterocycles. The van der Waals surface area contributed by atoms with Gasteiger partial charge in [0.25, 0.3) is 11.5 Å². The lowest BCUT2D eigenvalue weighted by atomic mass is 10.1. The normalized spacial score (nSPS) is 15.6. The maximum atomic E-state index is 12.5. The summed E-state index contributed by atoms with van der Waals surface area (Å²) in [4.78, 5) is 29.0. The first-order chi connectivity index (χ1) is 14.2. The third-order valence-corrected chi connectivity index (χ3v) is 6.71. The highest BCUT2D eigenvalue weighted by Gasteiger charge is 2.31. The Bertz CT molecular complexity index is 1100. The number of sulfonamides is 1. The summed E-state index contributed by atoms with van der Waals surface area (Å²) in [6, 6.07) is 7.32. The molecule has 1 saturated heterocycles. The molecule has 1 fully saturated rings. The highest BCUT2D eigenvalue weighted by atomic mass is 32.2. The number of hydrogen-bond acceptors (Lipinski definition) is 7. The molecule has 0 saturated carbocycles. The van der Waals surface area contributed by atoms with E-state index in [4.69, 9.17) is 4.74 Å². The summed E-state index contributed by atoms with van der Waals surface area (Å²) >= 11 is 0. The number of nitrogens with zero attached hydrogens (tertiary/aromatic N) is 3. The van der Waals surface area contributed by atoms with Gasteiger partial charge in [0.2, 0.25) is 21.7 Å². The van der Waals surface area contributed by atoms with E-state index in [2.05, 4.69) is 10.3 Å². The lowest BCUT2D eigenvalue weighted by molar-refractivity contribution is 0.0945. The summed E-state index contributed by atoms with van der Waals surface area (Å²) < 4.78 is 31.8. The van der Waals surface area contributed by atoms with Gasteiger partial charge >= 0.3 is 0 Å². The average Bonchev–Trinajstić information content (AvgIpc) is 2.73. The standard InChI is InChI=1S/C19H24N4O6S/c1-22-18(26)16(24)15(21-19(22)23-11-3-4-12-30(23,27)28)17(25)20-10-9-13-5-7-14(29-2)8-6-13/h5-8,24H,3-4,9-12H2,1-2H3,(H,20,25). The SMILES string of the molecule is COc1ccc(CCNC(=O)c2nc(N3CCCCS3(=O)=O)n(C)c(=O)c2O)cc1. The second-order valence-electron chi connectivity index (χ2n) is 6.92. The number of aromatic nitrogens is 2. The van der Waals surface area contributed by atoms with Crippen LogP contribution in [-0.2, 0) is 23.5 Å². The number of hydrogen-bond donors (Lipinski definition) is 2. The number of ether oxygens (including phenoxy) is 1. The van der Waals surface area contributed by atoms with Crippen LogP contribution in [0, 0.1) is 0 Å². The molecule has 0 aliphatic carbocycles. The number of benzene rings is 1. The van der Waals surface area contributed by atoms with Gasteiger partial charge < -0.3 is 15.2 Å². The van der Waals surface area contributed by atoms with Crippen molar-refractivity contribution in [3.63, 3.8) is 0 Å². The van der Waals surface area contributed by atoms with Crippen molar-refractivity contribution >= 4 is 21.9 Å². The van der Waals surface area contributed by atoms with Gasteiger partial charge in [0, 0.05) is 20.1 Å². The van der Waals surface area contributed by atoms with Crippen LogP contribution < -0.4 is 19.9 Å². The molecule has 0 spiro atoms. The molecule has 0 radical (unpaired) electrons. The Kier molecular flexibility index (Phi) is 6.30. The van der Waals surface area contributed by atoms with Crippen LogP contribution in [-0.4, -0.2) is 54.9 Å². The van der Waals surface area contributed by atoms with E-state index in [-0.39, 0.29) is 24.8 Å². The van der Waals surface area contributed by atoms with Crippen LogP contribution >= 0.6 is 0 Å². The quantitative estimate of drug-likeness (QED) is 0.670. The Morgan fingerprint density at radius 3 is 2.60 bits per heavy atom. The van der Waals surface area contributed by atoms with E-state index in [9.17, 15) is 23.1 Å². The number of methoxy groups -OCH3 is 1. The summed E-state index contributed by atoms with van der Waals surface area (Å²) in [5.74, 6) is -1.10. The van der Waals surface area contributed by atoms with Crippen molar-refractivity contribution in [1.29, 1.82) is 0 Å². The fourth-order valence-electron chi connectivity index (χ4n) is 3.17. The number of nitrogens with one attached hydrogen (secondary N) is 1. The van der Waals surface area contributed by atoms with Crippen molar-refractivity contribution < 1.29 is 23.1 Å². The summed E-state index contributed by atoms with van der Waals surface area (Å²) in [5, 5.41) is 12.7. The van der Waals surface area contributed by atoms with Crippen molar-refractivity contribution in [1.82, 2.24) is 14.9 Å². The van der Waals surface area contributed by atoms with Crippen LogP contribution in [0.2, 0.25) is 0 Å². The molecule has 1 amide bonds. The molecule has 162 valence electrons. The lowest BCUT2D eigenvalue weighted by Gasteiger charge is -2.28. The Hall–Kier alpha value is -3.08. The maximum Gasteiger partial charge on any atom is 0.297 e. The molecular weight excluding hydrogens is 412 g/mol. The van der Waals surface area contributed by atoms with Crippen LogP contribution in [0.5, 0.6) is 11.5 Å². The van der Waals surface area contributed by atoms with Gasteiger partial charge in [-0.2, -0.15) is 0 Å². The number of anilines is 1. The van der Waals surface area contributed by atoms with Crippen LogP contribution in [0.1, 0.15) is 28.9 Å². The largest absolute Gasteiger partial charge is 0.501 e. The van der Waals surface area contributed by atoms with Crippen LogP contribution in [0.3, 0.4) is 0 Å². The Morgan fingerprint density at radius 2 is 1.97 bits per heavy atom. The van der Waals surface area contributed by atoms with Crippen molar-refractivity contribution in [3.05, 3.63) is 45.9 Å². The third-order valence-electron chi connectivity index (χ3n) is 4.89. The van der Waals surface area contributed by atoms with Gasteiger partial charge in [0.1, 0.15) is 5.75 Å². The van der Waals surface area contributed by atoms with E-state index in [1.165, 1.54) is 7.05 Å². The molecule has 10 nitrogen and oxygen atoms in total. The smallest absolute Gasteiger partial charge is 0.297 e. The van der Waals surface area contributed by atoms with Gasteiger partial charge in [0.05, 0.1) is 12.9 Å². The summed E-state index contributed by atoms with van der Waals surface area (Å²) in [6.07, 6.45) is 1.64. The van der Waals surface area contributed by atoms with E-state index in [1.807, 2.05) is 12.1 Å². The number of carbonyl (C=O) groups is 1. The van der Waals surface area contributed by atoms with Gasteiger partial charge in [-0.05, 0) is 37.0 Å². The van der Waals surface area contributed by atoms with Crippen molar-refractivity contribution in [3.8, 4) is 11.5 Å². The fraction of sp³-hybridized carbons (Fsp3) is 0.421. The van der Waals surface area contributed by atoms with Crippen molar-refractivity contribution in [2.75, 3.05) is 30.3 Å². The molecule has 2 aromatic rings. The average molecular weight is 436 g/mol.